The highest BCUT2D eigenvalue weighted by atomic mass is 35.5. The largest absolute Gasteiger partial charge is 0.490 e. The molecule has 2 heterocycles. The van der Waals surface area contributed by atoms with Crippen LogP contribution in [0.25, 0.3) is 0 Å². The summed E-state index contributed by atoms with van der Waals surface area (Å²) in [6.07, 6.45) is 5.50. The summed E-state index contributed by atoms with van der Waals surface area (Å²) in [5.41, 5.74) is 7.11. The predicted octanol–water partition coefficient (Wildman–Crippen LogP) is 3.08. The molecule has 194 valence electrons. The molecule has 1 aromatic carbocycles. The normalized spacial score (nSPS) is 19.0. The van der Waals surface area contributed by atoms with Gasteiger partial charge in [-0.2, -0.15) is 8.78 Å². The summed E-state index contributed by atoms with van der Waals surface area (Å²) in [7, 11) is 1.32. The van der Waals surface area contributed by atoms with Crippen molar-refractivity contribution < 1.29 is 27.8 Å². The van der Waals surface area contributed by atoms with Gasteiger partial charge in [0.2, 0.25) is 5.91 Å². The minimum absolute atomic E-state index is 0.195. The highest BCUT2D eigenvalue weighted by Gasteiger charge is 2.29. The molecule has 1 unspecified atom stereocenters. The van der Waals surface area contributed by atoms with E-state index in [4.69, 9.17) is 26.8 Å². The molecule has 1 saturated heterocycles. The molecule has 0 aromatic heterocycles. The van der Waals surface area contributed by atoms with Gasteiger partial charge in [-0.25, -0.2) is 9.79 Å². The predicted molar refractivity (Wildman–Crippen MR) is 131 cm³/mol. The fourth-order valence-electron chi connectivity index (χ4n) is 3.72. The van der Waals surface area contributed by atoms with Crippen molar-refractivity contribution in [2.75, 3.05) is 20.2 Å². The lowest BCUT2D eigenvalue weighted by Crippen LogP contribution is -2.43. The van der Waals surface area contributed by atoms with Crippen LogP contribution in [0.5, 0.6) is 0 Å². The number of likely N-dealkylation sites (tertiary alicyclic amines) is 1. The molecule has 36 heavy (non-hydrogen) atoms. The minimum Gasteiger partial charge on any atom is -0.490 e. The van der Waals surface area contributed by atoms with Crippen molar-refractivity contribution in [3.8, 4) is 0 Å². The quantitative estimate of drug-likeness (QED) is 0.356. The number of dihydropyridines is 1. The van der Waals surface area contributed by atoms with E-state index >= 15 is 0 Å². The fourth-order valence-corrected chi connectivity index (χ4v) is 3.84. The molecule has 1 atom stereocenters. The smallest absolute Gasteiger partial charge is 0.409 e. The average molecular weight is 524 g/mol. The third kappa shape index (κ3) is 7.45. The number of carbonyl (C=O) groups is 2. The Morgan fingerprint density at radius 3 is 2.61 bits per heavy atom. The van der Waals surface area contributed by atoms with Crippen LogP contribution in [0.3, 0.4) is 0 Å². The second-order valence-electron chi connectivity index (χ2n) is 8.03. The number of carbonyl (C=O) groups excluding carboxylic acids is 2. The van der Waals surface area contributed by atoms with Gasteiger partial charge in [0.25, 0.3) is 0 Å². The van der Waals surface area contributed by atoms with E-state index in [1.54, 1.807) is 35.2 Å². The first-order valence-corrected chi connectivity index (χ1v) is 11.6. The number of benzene rings is 1. The van der Waals surface area contributed by atoms with Crippen molar-refractivity contribution in [1.82, 2.24) is 15.5 Å². The summed E-state index contributed by atoms with van der Waals surface area (Å²) in [5.74, 6) is -0.0179. The number of nitrogens with zero attached hydrogens (tertiary/aromatic N) is 2. The molecule has 0 bridgehead atoms. The van der Waals surface area contributed by atoms with E-state index in [1.165, 1.54) is 13.3 Å². The van der Waals surface area contributed by atoms with Crippen molar-refractivity contribution in [3.05, 3.63) is 70.2 Å². The Morgan fingerprint density at radius 2 is 2.00 bits per heavy atom. The number of ether oxygens (including phenoxy) is 2. The Hall–Kier alpha value is -3.60. The minimum atomic E-state index is -2.90. The van der Waals surface area contributed by atoms with Crippen LogP contribution in [0.4, 0.5) is 13.6 Å². The Morgan fingerprint density at radius 1 is 1.31 bits per heavy atom. The lowest BCUT2D eigenvalue weighted by atomic mass is 10.0. The molecule has 9 nitrogen and oxygen atoms in total. The maximum atomic E-state index is 12.8. The van der Waals surface area contributed by atoms with Gasteiger partial charge in [-0.1, -0.05) is 23.7 Å². The second-order valence-corrected chi connectivity index (χ2v) is 8.47. The van der Waals surface area contributed by atoms with E-state index in [-0.39, 0.29) is 24.1 Å². The van der Waals surface area contributed by atoms with Gasteiger partial charge in [0.05, 0.1) is 7.11 Å². The number of piperidine rings is 1. The Bertz CT molecular complexity index is 1050. The number of rotatable bonds is 8. The first kappa shape index (κ1) is 27.0. The van der Waals surface area contributed by atoms with Crippen molar-refractivity contribution in [2.24, 2.45) is 10.7 Å². The lowest BCUT2D eigenvalue weighted by molar-refractivity contribution is -0.122. The maximum Gasteiger partial charge on any atom is 0.409 e. The number of nitrogens with two attached hydrogens (primary N) is 1. The van der Waals surface area contributed by atoms with E-state index < -0.39 is 18.7 Å². The zero-order chi connectivity index (χ0) is 26.1. The molecule has 0 saturated carbocycles. The second kappa shape index (κ2) is 12.9. The number of alkyl halides is 2. The molecule has 0 spiro atoms. The van der Waals surface area contributed by atoms with Crippen molar-refractivity contribution in [3.63, 3.8) is 0 Å². The molecule has 3 rings (SSSR count). The number of amides is 2. The summed E-state index contributed by atoms with van der Waals surface area (Å²) in [6.45, 7) is -1.76. The Labute approximate surface area is 212 Å². The van der Waals surface area contributed by atoms with E-state index in [2.05, 4.69) is 15.6 Å². The molecule has 12 heteroatoms. The van der Waals surface area contributed by atoms with Crippen molar-refractivity contribution in [2.45, 2.75) is 38.1 Å². The standard InChI is InChI=1S/C24H28ClF2N5O4/c1-35-24(34)32-8-6-18(7-9-32)36-21-10-20(22(33)30-12-15-2-4-17(25)5-3-15)29-14-19(21)16(11-28)13-31-23(26)27/h2-5,10-11,13-14,18,20,23,29H,6-9,12,28H2,1H3,(H,30,33). The van der Waals surface area contributed by atoms with Gasteiger partial charge < -0.3 is 30.7 Å². The van der Waals surface area contributed by atoms with Gasteiger partial charge in [0.1, 0.15) is 17.9 Å². The van der Waals surface area contributed by atoms with Gasteiger partial charge in [-0.3, -0.25) is 4.79 Å². The van der Waals surface area contributed by atoms with Crippen molar-refractivity contribution in [1.29, 1.82) is 0 Å². The average Bonchev–Trinajstić information content (AvgIpc) is 2.89. The van der Waals surface area contributed by atoms with Gasteiger partial charge in [0, 0.05) is 67.3 Å². The zero-order valence-electron chi connectivity index (χ0n) is 19.6. The SMILES string of the molecule is COC(=O)N1CCC(OC2=CC(C(=O)NCc3ccc(Cl)cc3)NC=C2C(C=NC(F)F)=CN)CC1. The number of allylic oxidation sites excluding steroid dienone is 1. The fraction of sp³-hybridized carbons (Fsp3) is 0.375. The van der Waals surface area contributed by atoms with Crippen LogP contribution in [0.2, 0.25) is 5.02 Å². The number of hydrogen-bond donors (Lipinski definition) is 3. The zero-order valence-corrected chi connectivity index (χ0v) is 20.4. The van der Waals surface area contributed by atoms with Gasteiger partial charge in [0.15, 0.2) is 0 Å². The van der Waals surface area contributed by atoms with E-state index in [1.807, 2.05) is 0 Å². The Kier molecular flexibility index (Phi) is 9.69. The van der Waals surface area contributed by atoms with E-state index in [0.717, 1.165) is 18.0 Å². The summed E-state index contributed by atoms with van der Waals surface area (Å²) in [6, 6.07) is 6.30. The molecular weight excluding hydrogens is 496 g/mol. The summed E-state index contributed by atoms with van der Waals surface area (Å²) in [4.78, 5) is 29.3. The van der Waals surface area contributed by atoms with Gasteiger partial charge in [-0.05, 0) is 23.8 Å². The van der Waals surface area contributed by atoms with Crippen LogP contribution in [-0.4, -0.2) is 62.0 Å². The molecule has 2 aliphatic rings. The van der Waals surface area contributed by atoms with Crippen molar-refractivity contribution >= 4 is 29.8 Å². The molecule has 0 radical (unpaired) electrons. The van der Waals surface area contributed by atoms with Crippen LogP contribution < -0.4 is 16.4 Å². The summed E-state index contributed by atoms with van der Waals surface area (Å²) < 4.78 is 36.3. The van der Waals surface area contributed by atoms with E-state index in [0.29, 0.717) is 42.3 Å². The number of methoxy groups -OCH3 is 1. The number of halogens is 3. The number of hydrogen-bond acceptors (Lipinski definition) is 7. The third-order valence-electron chi connectivity index (χ3n) is 5.64. The molecule has 0 aliphatic carbocycles. The van der Waals surface area contributed by atoms with Crippen LogP contribution in [-0.2, 0) is 20.8 Å². The first-order valence-electron chi connectivity index (χ1n) is 11.2. The molecule has 1 fully saturated rings. The summed E-state index contributed by atoms with van der Waals surface area (Å²) in [5, 5.41) is 6.38. The monoisotopic (exact) mass is 523 g/mol. The highest BCUT2D eigenvalue weighted by Crippen LogP contribution is 2.27. The Balaban J connectivity index is 1.73. The van der Waals surface area contributed by atoms with Crippen LogP contribution >= 0.6 is 11.6 Å². The first-order chi connectivity index (χ1) is 17.3. The molecule has 1 aromatic rings. The number of nitrogens with one attached hydrogen (secondary N) is 2. The van der Waals surface area contributed by atoms with Gasteiger partial charge in [-0.15, -0.1) is 0 Å². The van der Waals surface area contributed by atoms with Crippen LogP contribution in [0.15, 0.2) is 64.6 Å². The molecule has 4 N–H and O–H groups in total. The molecule has 2 aliphatic heterocycles. The van der Waals surface area contributed by atoms with Gasteiger partial charge >= 0.3 is 12.6 Å². The third-order valence-corrected chi connectivity index (χ3v) is 5.89. The highest BCUT2D eigenvalue weighted by molar-refractivity contribution is 6.30. The molecule has 2 amide bonds. The molecular formula is C24H28ClF2N5O4. The number of aliphatic imine (C=N–C) groups is 1. The van der Waals surface area contributed by atoms with Crippen LogP contribution in [0, 0.1) is 0 Å². The maximum absolute atomic E-state index is 12.8. The summed E-state index contributed by atoms with van der Waals surface area (Å²) >= 11 is 5.90. The lowest BCUT2D eigenvalue weighted by Gasteiger charge is -2.33. The topological polar surface area (TPSA) is 118 Å². The van der Waals surface area contributed by atoms with E-state index in [9.17, 15) is 18.4 Å². The van der Waals surface area contributed by atoms with Crippen LogP contribution in [0.1, 0.15) is 18.4 Å².